The van der Waals surface area contributed by atoms with E-state index in [9.17, 15) is 9.90 Å². The molecule has 0 radical (unpaired) electrons. The van der Waals surface area contributed by atoms with Crippen LogP contribution in [0.15, 0.2) is 30.3 Å². The van der Waals surface area contributed by atoms with Crippen LogP contribution in [0.25, 0.3) is 0 Å². The number of aliphatic hydroxyl groups excluding tert-OH is 1. The van der Waals surface area contributed by atoms with Crippen LogP contribution in [0.1, 0.15) is 72.0 Å². The number of aliphatic hydroxyl groups is 1. The van der Waals surface area contributed by atoms with Crippen LogP contribution in [-0.2, 0) is 4.74 Å². The second kappa shape index (κ2) is 9.67. The first-order valence-corrected chi connectivity index (χ1v) is 9.11. The first-order chi connectivity index (χ1) is 11.4. The molecular weight excluding hydrogens is 302 g/mol. The van der Waals surface area contributed by atoms with E-state index in [0.717, 1.165) is 31.2 Å². The molecule has 1 aliphatic heterocycles. The molecule has 1 fully saturated rings. The second-order valence-electron chi connectivity index (χ2n) is 6.95. The largest absolute Gasteiger partial charge is 0.444 e. The molecule has 1 aromatic rings. The molecule has 1 aromatic carbocycles. The molecule has 2 rings (SSSR count). The Hall–Kier alpha value is -1.55. The summed E-state index contributed by atoms with van der Waals surface area (Å²) in [7, 11) is 0. The highest BCUT2D eigenvalue weighted by atomic mass is 16.6. The molecule has 24 heavy (non-hydrogen) atoms. The molecule has 136 valence electrons. The molecular formula is C20H33NO3. The Bertz CT molecular complexity index is 481. The monoisotopic (exact) mass is 335 g/mol. The Morgan fingerprint density at radius 1 is 1.17 bits per heavy atom. The fourth-order valence-corrected chi connectivity index (χ4v) is 2.88. The van der Waals surface area contributed by atoms with E-state index in [-0.39, 0.29) is 12.1 Å². The van der Waals surface area contributed by atoms with Gasteiger partial charge in [-0.1, -0.05) is 57.0 Å². The highest BCUT2D eigenvalue weighted by molar-refractivity contribution is 5.68. The highest BCUT2D eigenvalue weighted by Gasteiger charge is 2.34. The van der Waals surface area contributed by atoms with Crippen LogP contribution in [0, 0.1) is 0 Å². The fraction of sp³-hybridized carbons (Fsp3) is 0.650. The van der Waals surface area contributed by atoms with Crippen molar-refractivity contribution >= 4 is 6.09 Å². The SMILES string of the molecule is CC.CC(C)(C)OC(=O)N1CCCCCC1C(O)c1ccccc1. The molecule has 4 nitrogen and oxygen atoms in total. The van der Waals surface area contributed by atoms with Crippen molar-refractivity contribution in [1.29, 1.82) is 0 Å². The summed E-state index contributed by atoms with van der Waals surface area (Å²) < 4.78 is 5.52. The van der Waals surface area contributed by atoms with Gasteiger partial charge < -0.3 is 14.7 Å². The molecule has 0 aromatic heterocycles. The lowest BCUT2D eigenvalue weighted by Gasteiger charge is -2.35. The van der Waals surface area contributed by atoms with E-state index in [1.165, 1.54) is 0 Å². The summed E-state index contributed by atoms with van der Waals surface area (Å²) in [4.78, 5) is 14.2. The lowest BCUT2D eigenvalue weighted by Crippen LogP contribution is -2.45. The molecule has 1 N–H and O–H groups in total. The number of carbonyl (C=O) groups is 1. The zero-order chi connectivity index (χ0) is 18.2. The molecule has 0 spiro atoms. The number of benzene rings is 1. The van der Waals surface area contributed by atoms with Gasteiger partial charge in [-0.3, -0.25) is 0 Å². The van der Waals surface area contributed by atoms with Gasteiger partial charge in [0.05, 0.1) is 12.1 Å². The summed E-state index contributed by atoms with van der Waals surface area (Å²) in [5.74, 6) is 0. The third kappa shape index (κ3) is 6.16. The molecule has 1 heterocycles. The lowest BCUT2D eigenvalue weighted by atomic mass is 9.97. The minimum atomic E-state index is -0.674. The average Bonchev–Trinajstić information content (AvgIpc) is 2.81. The smallest absolute Gasteiger partial charge is 0.410 e. The van der Waals surface area contributed by atoms with E-state index in [4.69, 9.17) is 4.74 Å². The fourth-order valence-electron chi connectivity index (χ4n) is 2.88. The summed E-state index contributed by atoms with van der Waals surface area (Å²) in [5, 5.41) is 10.7. The van der Waals surface area contributed by atoms with Crippen LogP contribution in [0.3, 0.4) is 0 Å². The summed E-state index contributed by atoms with van der Waals surface area (Å²) >= 11 is 0. The molecule has 0 bridgehead atoms. The van der Waals surface area contributed by atoms with Crippen molar-refractivity contribution in [2.45, 2.75) is 78.0 Å². The number of carbonyl (C=O) groups excluding carboxylic acids is 1. The van der Waals surface area contributed by atoms with E-state index >= 15 is 0 Å². The van der Waals surface area contributed by atoms with Crippen molar-refractivity contribution in [3.05, 3.63) is 35.9 Å². The Morgan fingerprint density at radius 2 is 1.79 bits per heavy atom. The number of amides is 1. The van der Waals surface area contributed by atoms with Gasteiger partial charge in [0.25, 0.3) is 0 Å². The van der Waals surface area contributed by atoms with Gasteiger partial charge in [-0.2, -0.15) is 0 Å². The maximum atomic E-state index is 12.5. The minimum absolute atomic E-state index is 0.222. The predicted molar refractivity (Wildman–Crippen MR) is 97.9 cm³/mol. The quantitative estimate of drug-likeness (QED) is 0.834. The van der Waals surface area contributed by atoms with E-state index in [2.05, 4.69) is 0 Å². The van der Waals surface area contributed by atoms with Gasteiger partial charge in [-0.25, -0.2) is 4.79 Å². The van der Waals surface area contributed by atoms with E-state index in [1.807, 2.05) is 65.0 Å². The minimum Gasteiger partial charge on any atom is -0.444 e. The Labute approximate surface area is 146 Å². The van der Waals surface area contributed by atoms with Crippen LogP contribution >= 0.6 is 0 Å². The number of rotatable bonds is 2. The summed E-state index contributed by atoms with van der Waals surface area (Å²) in [6.45, 7) is 10.2. The third-order valence-electron chi connectivity index (χ3n) is 3.93. The number of hydrogen-bond acceptors (Lipinski definition) is 3. The van der Waals surface area contributed by atoms with Crippen molar-refractivity contribution in [2.24, 2.45) is 0 Å². The van der Waals surface area contributed by atoms with Crippen molar-refractivity contribution < 1.29 is 14.6 Å². The van der Waals surface area contributed by atoms with Crippen LogP contribution in [-0.4, -0.2) is 34.3 Å². The first-order valence-electron chi connectivity index (χ1n) is 9.11. The van der Waals surface area contributed by atoms with Crippen molar-refractivity contribution in [1.82, 2.24) is 4.90 Å². The molecule has 0 saturated carbocycles. The van der Waals surface area contributed by atoms with Gasteiger partial charge in [0.15, 0.2) is 0 Å². The van der Waals surface area contributed by atoms with Crippen LogP contribution in [0.2, 0.25) is 0 Å². The van der Waals surface area contributed by atoms with Gasteiger partial charge in [0, 0.05) is 6.54 Å². The topological polar surface area (TPSA) is 49.8 Å². The van der Waals surface area contributed by atoms with Gasteiger partial charge >= 0.3 is 6.09 Å². The molecule has 1 aliphatic rings. The van der Waals surface area contributed by atoms with E-state index < -0.39 is 11.7 Å². The predicted octanol–water partition coefficient (Wildman–Crippen LogP) is 4.93. The summed E-state index contributed by atoms with van der Waals surface area (Å²) in [5.41, 5.74) is 0.328. The number of ether oxygens (including phenoxy) is 1. The number of hydrogen-bond donors (Lipinski definition) is 1. The second-order valence-corrected chi connectivity index (χ2v) is 6.95. The Balaban J connectivity index is 0.00000139. The van der Waals surface area contributed by atoms with E-state index in [1.54, 1.807) is 4.90 Å². The summed E-state index contributed by atoms with van der Waals surface area (Å²) in [6.07, 6.45) is 2.86. The molecule has 0 aliphatic carbocycles. The van der Waals surface area contributed by atoms with E-state index in [0.29, 0.717) is 6.54 Å². The number of nitrogens with zero attached hydrogens (tertiary/aromatic N) is 1. The Kier molecular flexibility index (Phi) is 8.26. The van der Waals surface area contributed by atoms with Gasteiger partial charge in [-0.15, -0.1) is 0 Å². The maximum absolute atomic E-state index is 12.5. The molecule has 1 saturated heterocycles. The van der Waals surface area contributed by atoms with Crippen molar-refractivity contribution in [2.75, 3.05) is 6.54 Å². The molecule has 1 amide bonds. The lowest BCUT2D eigenvalue weighted by molar-refractivity contribution is -0.00583. The standard InChI is InChI=1S/C18H27NO3.C2H6/c1-18(2,3)22-17(21)19-13-9-5-8-12-15(19)16(20)14-10-6-4-7-11-14;1-2/h4,6-7,10-11,15-16,20H,5,8-9,12-13H2,1-3H3;1-2H3. The van der Waals surface area contributed by atoms with Crippen LogP contribution in [0.4, 0.5) is 4.79 Å². The normalized spacial score (nSPS) is 19.6. The summed E-state index contributed by atoms with van der Waals surface area (Å²) in [6, 6.07) is 9.33. The zero-order valence-corrected chi connectivity index (χ0v) is 15.8. The Morgan fingerprint density at radius 3 is 2.38 bits per heavy atom. The van der Waals surface area contributed by atoms with Gasteiger partial charge in [-0.05, 0) is 39.2 Å². The highest BCUT2D eigenvalue weighted by Crippen LogP contribution is 2.29. The van der Waals surface area contributed by atoms with Crippen LogP contribution in [0.5, 0.6) is 0 Å². The first kappa shape index (κ1) is 20.5. The molecule has 2 atom stereocenters. The van der Waals surface area contributed by atoms with Gasteiger partial charge in [0.2, 0.25) is 0 Å². The zero-order valence-electron chi connectivity index (χ0n) is 15.8. The maximum Gasteiger partial charge on any atom is 0.410 e. The third-order valence-corrected chi connectivity index (χ3v) is 3.93. The number of likely N-dealkylation sites (tertiary alicyclic amines) is 1. The van der Waals surface area contributed by atoms with Crippen molar-refractivity contribution in [3.8, 4) is 0 Å². The molecule has 4 heteroatoms. The van der Waals surface area contributed by atoms with Crippen molar-refractivity contribution in [3.63, 3.8) is 0 Å². The van der Waals surface area contributed by atoms with Gasteiger partial charge in [0.1, 0.15) is 5.60 Å². The van der Waals surface area contributed by atoms with Crippen LogP contribution < -0.4 is 0 Å². The molecule has 2 unspecified atom stereocenters. The average molecular weight is 335 g/mol.